The van der Waals surface area contributed by atoms with E-state index < -0.39 is 12.0 Å². The highest BCUT2D eigenvalue weighted by atomic mass is 16.4. The molecule has 4 aliphatic carbocycles. The number of hydrogen-bond donors (Lipinski definition) is 4. The van der Waals surface area contributed by atoms with Gasteiger partial charge in [0, 0.05) is 0 Å². The molecule has 0 amide bonds. The average molecular weight is 533 g/mol. The Morgan fingerprint density at radius 2 is 1.74 bits per heavy atom. The zero-order valence-corrected chi connectivity index (χ0v) is 25.3. The van der Waals surface area contributed by atoms with Crippen LogP contribution in [-0.2, 0) is 4.79 Å². The lowest BCUT2D eigenvalue weighted by molar-refractivity contribution is -0.138. The number of rotatable bonds is 10. The number of unbranched alkanes of at least 4 members (excludes halogenated alkanes) is 1. The van der Waals surface area contributed by atoms with E-state index in [9.17, 15) is 9.90 Å². The Labute approximate surface area is 233 Å². The van der Waals surface area contributed by atoms with Crippen molar-refractivity contribution in [3.05, 3.63) is 11.6 Å². The topological polar surface area (TPSA) is 110 Å². The maximum absolute atomic E-state index is 10.2. The van der Waals surface area contributed by atoms with E-state index in [0.717, 1.165) is 61.2 Å². The highest BCUT2D eigenvalue weighted by Gasteiger charge is 2.59. The number of fused-ring (bicyclic) bond motifs is 5. The number of nitrogens with two attached hydrogens (primary N) is 2. The fourth-order valence-electron chi connectivity index (χ4n) is 9.30. The Kier molecular flexibility index (Phi) is 11.3. The Hall–Kier alpha value is -0.910. The fraction of sp³-hybridized carbons (Fsp3) is 0.909. The predicted molar refractivity (Wildman–Crippen MR) is 158 cm³/mol. The minimum absolute atomic E-state index is 0.0766. The number of aliphatic hydroxyl groups excluding tert-OH is 1. The third-order valence-corrected chi connectivity index (χ3v) is 11.6. The molecule has 3 fully saturated rings. The second-order valence-electron chi connectivity index (χ2n) is 14.4. The van der Waals surface area contributed by atoms with Gasteiger partial charge >= 0.3 is 5.97 Å². The maximum Gasteiger partial charge on any atom is 0.320 e. The number of carbonyl (C=O) groups is 1. The van der Waals surface area contributed by atoms with Gasteiger partial charge in [0.05, 0.1) is 6.10 Å². The highest BCUT2D eigenvalue weighted by molar-refractivity contribution is 5.72. The van der Waals surface area contributed by atoms with Crippen molar-refractivity contribution in [2.75, 3.05) is 6.54 Å². The molecule has 38 heavy (non-hydrogen) atoms. The van der Waals surface area contributed by atoms with Crippen LogP contribution in [-0.4, -0.2) is 34.9 Å². The van der Waals surface area contributed by atoms with Gasteiger partial charge in [-0.25, -0.2) is 0 Å². The van der Waals surface area contributed by atoms with Crippen molar-refractivity contribution in [3.8, 4) is 0 Å². The summed E-state index contributed by atoms with van der Waals surface area (Å²) in [5.41, 5.74) is 13.0. The molecule has 220 valence electrons. The molecule has 1 unspecified atom stereocenters. The van der Waals surface area contributed by atoms with E-state index in [-0.39, 0.29) is 6.10 Å². The van der Waals surface area contributed by atoms with Gasteiger partial charge in [-0.2, -0.15) is 0 Å². The molecule has 4 aliphatic rings. The van der Waals surface area contributed by atoms with E-state index >= 15 is 0 Å². The van der Waals surface area contributed by atoms with Crippen molar-refractivity contribution in [3.63, 3.8) is 0 Å². The van der Waals surface area contributed by atoms with Gasteiger partial charge in [-0.05, 0) is 117 Å². The van der Waals surface area contributed by atoms with E-state index in [0.29, 0.717) is 23.8 Å². The van der Waals surface area contributed by atoms with Crippen molar-refractivity contribution in [1.82, 2.24) is 0 Å². The zero-order chi connectivity index (χ0) is 28.1. The van der Waals surface area contributed by atoms with Crippen LogP contribution in [0.15, 0.2) is 11.6 Å². The van der Waals surface area contributed by atoms with Crippen LogP contribution in [0.5, 0.6) is 0 Å². The van der Waals surface area contributed by atoms with E-state index in [4.69, 9.17) is 16.6 Å². The van der Waals surface area contributed by atoms with Crippen molar-refractivity contribution in [1.29, 1.82) is 0 Å². The lowest BCUT2D eigenvalue weighted by atomic mass is 9.47. The largest absolute Gasteiger partial charge is 0.480 e. The fourth-order valence-corrected chi connectivity index (χ4v) is 9.30. The molecule has 0 aromatic rings. The molecular weight excluding hydrogens is 472 g/mol. The first-order valence-corrected chi connectivity index (χ1v) is 16.0. The molecule has 0 saturated heterocycles. The summed E-state index contributed by atoms with van der Waals surface area (Å²) in [6, 6.07) is -0.716. The van der Waals surface area contributed by atoms with Crippen LogP contribution in [0.25, 0.3) is 0 Å². The van der Waals surface area contributed by atoms with E-state index in [1.54, 1.807) is 5.57 Å². The van der Waals surface area contributed by atoms with Gasteiger partial charge < -0.3 is 21.7 Å². The molecule has 9 atom stereocenters. The van der Waals surface area contributed by atoms with Crippen molar-refractivity contribution >= 4 is 5.97 Å². The van der Waals surface area contributed by atoms with Crippen LogP contribution in [0.3, 0.4) is 0 Å². The van der Waals surface area contributed by atoms with Crippen LogP contribution in [0.4, 0.5) is 0 Å². The molecule has 0 bridgehead atoms. The van der Waals surface area contributed by atoms with Crippen molar-refractivity contribution in [2.45, 2.75) is 137 Å². The number of carboxylic acid groups (broad SMARTS) is 1. The Bertz CT molecular complexity index is 797. The van der Waals surface area contributed by atoms with E-state index in [2.05, 4.69) is 40.7 Å². The van der Waals surface area contributed by atoms with Crippen LogP contribution in [0.2, 0.25) is 0 Å². The molecule has 3 saturated carbocycles. The normalized spacial score (nSPS) is 37.7. The lowest BCUT2D eigenvalue weighted by Gasteiger charge is -2.58. The zero-order valence-electron chi connectivity index (χ0n) is 25.3. The second-order valence-corrected chi connectivity index (χ2v) is 14.4. The first-order valence-electron chi connectivity index (χ1n) is 16.0. The molecule has 6 N–H and O–H groups in total. The molecular formula is C33H60N2O3. The minimum Gasteiger partial charge on any atom is -0.480 e. The summed E-state index contributed by atoms with van der Waals surface area (Å²) in [4.78, 5) is 10.1. The Morgan fingerprint density at radius 1 is 1.00 bits per heavy atom. The molecule has 5 nitrogen and oxygen atoms in total. The van der Waals surface area contributed by atoms with Gasteiger partial charge in [0.1, 0.15) is 6.04 Å². The summed E-state index contributed by atoms with van der Waals surface area (Å²) >= 11 is 0. The molecule has 5 heteroatoms. The first kappa shape index (κ1) is 31.6. The van der Waals surface area contributed by atoms with Crippen molar-refractivity contribution < 1.29 is 15.0 Å². The van der Waals surface area contributed by atoms with Crippen LogP contribution in [0, 0.1) is 46.3 Å². The van der Waals surface area contributed by atoms with Gasteiger partial charge in [0.2, 0.25) is 0 Å². The van der Waals surface area contributed by atoms with Gasteiger partial charge in [0.25, 0.3) is 0 Å². The molecule has 0 aliphatic heterocycles. The Balaban J connectivity index is 0.000000342. The van der Waals surface area contributed by atoms with E-state index in [1.807, 2.05) is 0 Å². The van der Waals surface area contributed by atoms with Crippen LogP contribution in [0.1, 0.15) is 125 Å². The van der Waals surface area contributed by atoms with Crippen LogP contribution >= 0.6 is 0 Å². The van der Waals surface area contributed by atoms with Gasteiger partial charge in [-0.3, -0.25) is 4.79 Å². The summed E-state index contributed by atoms with van der Waals surface area (Å²) in [7, 11) is 0. The third kappa shape index (κ3) is 7.04. The smallest absolute Gasteiger partial charge is 0.320 e. The number of aliphatic hydroxyl groups is 1. The minimum atomic E-state index is -0.933. The summed E-state index contributed by atoms with van der Waals surface area (Å²) in [5, 5.41) is 18.5. The number of aliphatic carboxylic acids is 1. The molecule has 0 heterocycles. The SMILES string of the molecule is CC(C)CCC[C@@H](C)[C@H]1CC[C@H]2[C@@H]3CC=C4C[C@@H](O)CC[C@]4(C)[C@H]3CC[C@]12C.NCCCCC(N)C(=O)O. The van der Waals surface area contributed by atoms with E-state index in [1.165, 1.54) is 57.8 Å². The Morgan fingerprint density at radius 3 is 2.39 bits per heavy atom. The van der Waals surface area contributed by atoms with Crippen LogP contribution < -0.4 is 11.5 Å². The summed E-state index contributed by atoms with van der Waals surface area (Å²) in [5.74, 6) is 4.52. The molecule has 0 aromatic carbocycles. The predicted octanol–water partition coefficient (Wildman–Crippen LogP) is 6.92. The molecule has 0 aromatic heterocycles. The lowest BCUT2D eigenvalue weighted by Crippen LogP contribution is -2.50. The van der Waals surface area contributed by atoms with Gasteiger partial charge in [-0.1, -0.05) is 72.0 Å². The third-order valence-electron chi connectivity index (χ3n) is 11.6. The number of allylic oxidation sites excluding steroid dienone is 1. The summed E-state index contributed by atoms with van der Waals surface area (Å²) in [6.45, 7) is 13.2. The average Bonchev–Trinajstić information content (AvgIpc) is 3.22. The molecule has 0 spiro atoms. The quantitative estimate of drug-likeness (QED) is 0.180. The maximum atomic E-state index is 10.2. The monoisotopic (exact) mass is 532 g/mol. The summed E-state index contributed by atoms with van der Waals surface area (Å²) < 4.78 is 0. The second kappa shape index (κ2) is 13.6. The molecule has 0 radical (unpaired) electrons. The highest BCUT2D eigenvalue weighted by Crippen LogP contribution is 2.67. The number of carboxylic acids is 1. The van der Waals surface area contributed by atoms with Gasteiger partial charge in [0.15, 0.2) is 0 Å². The standard InChI is InChI=1S/C27H46O.C6H14N2O2/c1-18(2)7-6-8-19(3)23-11-12-24-22-10-9-20-17-21(28)13-15-26(20,4)25(22)14-16-27(23,24)5;7-4-2-1-3-5(8)6(9)10/h9,18-19,21-25,28H,6-8,10-17H2,1-5H3;5H,1-4,7-8H2,(H,9,10)/t19-,21+,22+,23-,24+,25+,26+,27-;/m1./s1. The summed E-state index contributed by atoms with van der Waals surface area (Å²) in [6.07, 6.45) is 19.3. The number of hydrogen-bond acceptors (Lipinski definition) is 4. The first-order chi connectivity index (χ1) is 17.9. The van der Waals surface area contributed by atoms with Crippen molar-refractivity contribution in [2.24, 2.45) is 57.8 Å². The molecule has 4 rings (SSSR count). The van der Waals surface area contributed by atoms with Gasteiger partial charge in [-0.15, -0.1) is 0 Å².